The Hall–Kier alpha value is -2.54. The van der Waals surface area contributed by atoms with Gasteiger partial charge in [0, 0.05) is 17.3 Å². The van der Waals surface area contributed by atoms with Crippen molar-refractivity contribution >= 4 is 21.6 Å². The number of imidazole rings is 1. The van der Waals surface area contributed by atoms with Gasteiger partial charge >= 0.3 is 10.1 Å². The van der Waals surface area contributed by atoms with Gasteiger partial charge in [0.2, 0.25) is 0 Å². The molecule has 0 saturated carbocycles. The van der Waals surface area contributed by atoms with Gasteiger partial charge in [-0.15, -0.1) is 0 Å². The van der Waals surface area contributed by atoms with Crippen LogP contribution in [0.25, 0.3) is 16.9 Å². The van der Waals surface area contributed by atoms with Crippen LogP contribution in [0, 0.1) is 12.3 Å². The van der Waals surface area contributed by atoms with Crippen LogP contribution in [0.1, 0.15) is 53.5 Å². The number of fused-ring (bicyclic) bond motifs is 1. The summed E-state index contributed by atoms with van der Waals surface area (Å²) in [7, 11) is -3.56. The van der Waals surface area contributed by atoms with Crippen molar-refractivity contribution in [3.05, 3.63) is 48.2 Å². The molecular formula is C24H33N3O3S. The van der Waals surface area contributed by atoms with E-state index in [1.165, 1.54) is 0 Å². The summed E-state index contributed by atoms with van der Waals surface area (Å²) >= 11 is 0. The maximum atomic E-state index is 11.7. The molecule has 0 radical (unpaired) electrons. The molecule has 2 aromatic heterocycles. The maximum absolute atomic E-state index is 11.7. The number of nitrogens with one attached hydrogen (secondary N) is 1. The van der Waals surface area contributed by atoms with Crippen LogP contribution in [-0.4, -0.2) is 29.1 Å². The minimum absolute atomic E-state index is 0.0720. The van der Waals surface area contributed by atoms with Crippen LogP contribution in [0.3, 0.4) is 0 Å². The molecule has 7 heteroatoms. The molecule has 31 heavy (non-hydrogen) atoms. The first kappa shape index (κ1) is 23.1. The van der Waals surface area contributed by atoms with Crippen molar-refractivity contribution in [3.63, 3.8) is 0 Å². The molecule has 3 rings (SSSR count). The molecule has 0 unspecified atom stereocenters. The van der Waals surface area contributed by atoms with Crippen molar-refractivity contribution in [2.75, 3.05) is 11.1 Å². The van der Waals surface area contributed by atoms with E-state index in [-0.39, 0.29) is 16.7 Å². The lowest BCUT2D eigenvalue weighted by molar-refractivity contribution is 0.302. The van der Waals surface area contributed by atoms with Crippen LogP contribution in [0.15, 0.2) is 42.6 Å². The molecule has 2 heterocycles. The van der Waals surface area contributed by atoms with Crippen molar-refractivity contribution in [3.8, 4) is 17.0 Å². The van der Waals surface area contributed by atoms with E-state index >= 15 is 0 Å². The Labute approximate surface area is 185 Å². The van der Waals surface area contributed by atoms with Gasteiger partial charge in [-0.05, 0) is 81.5 Å². The summed E-state index contributed by atoms with van der Waals surface area (Å²) in [5.74, 6) is 1.14. The summed E-state index contributed by atoms with van der Waals surface area (Å²) in [6, 6.07) is 11.1. The number of rotatable bonds is 7. The first-order valence-electron chi connectivity index (χ1n) is 10.6. The average molecular weight is 444 g/mol. The first-order valence-corrected chi connectivity index (χ1v) is 12.2. The average Bonchev–Trinajstić information content (AvgIpc) is 2.96. The summed E-state index contributed by atoms with van der Waals surface area (Å²) < 4.78 is 30.7. The highest BCUT2D eigenvalue weighted by Crippen LogP contribution is 2.35. The second-order valence-electron chi connectivity index (χ2n) is 9.94. The lowest BCUT2D eigenvalue weighted by Gasteiger charge is -2.34. The third-order valence-corrected chi connectivity index (χ3v) is 6.07. The van der Waals surface area contributed by atoms with Gasteiger partial charge in [-0.2, -0.15) is 8.42 Å². The van der Waals surface area contributed by atoms with Crippen LogP contribution in [0.5, 0.6) is 5.75 Å². The number of pyridine rings is 1. The summed E-state index contributed by atoms with van der Waals surface area (Å²) in [5, 5.41) is 3.72. The number of nitrogens with zero attached hydrogens (tertiary/aromatic N) is 2. The quantitative estimate of drug-likeness (QED) is 0.477. The highest BCUT2D eigenvalue weighted by atomic mass is 32.2. The van der Waals surface area contributed by atoms with Crippen LogP contribution in [0.4, 0.5) is 5.82 Å². The molecule has 0 aliphatic heterocycles. The zero-order chi connectivity index (χ0) is 23.0. The normalized spacial score (nSPS) is 12.9. The van der Waals surface area contributed by atoms with Crippen LogP contribution in [-0.2, 0) is 10.1 Å². The van der Waals surface area contributed by atoms with E-state index in [0.29, 0.717) is 5.75 Å². The first-order chi connectivity index (χ1) is 14.3. The maximum Gasteiger partial charge on any atom is 0.308 e. The molecule has 0 atom stereocenters. The third-order valence-electron chi connectivity index (χ3n) is 4.92. The number of benzene rings is 1. The van der Waals surface area contributed by atoms with Crippen LogP contribution >= 0.6 is 0 Å². The van der Waals surface area contributed by atoms with Crippen molar-refractivity contribution in [2.24, 2.45) is 5.41 Å². The summed E-state index contributed by atoms with van der Waals surface area (Å²) in [4.78, 5) is 4.89. The lowest BCUT2D eigenvalue weighted by Crippen LogP contribution is -2.36. The van der Waals surface area contributed by atoms with Crippen molar-refractivity contribution < 1.29 is 12.6 Å². The topological polar surface area (TPSA) is 72.7 Å². The predicted molar refractivity (Wildman–Crippen MR) is 127 cm³/mol. The van der Waals surface area contributed by atoms with E-state index in [9.17, 15) is 8.42 Å². The largest absolute Gasteiger partial charge is 0.382 e. The number of hydrogen-bond acceptors (Lipinski definition) is 5. The molecule has 168 valence electrons. The van der Waals surface area contributed by atoms with Gasteiger partial charge < -0.3 is 9.50 Å². The monoisotopic (exact) mass is 443 g/mol. The summed E-state index contributed by atoms with van der Waals surface area (Å²) in [6.45, 7) is 14.7. The molecule has 3 aromatic rings. The standard InChI is InChI=1S/C24H33N3O3S/c1-8-31(28,29)30-19-11-9-18(10-12-19)21-22(26-24(6,7)16-23(3,4)5)27-14-13-17(2)15-20(27)25-21/h9-15,26H,8,16H2,1-7H3. The molecule has 1 N–H and O–H groups in total. The Morgan fingerprint density at radius 1 is 1.06 bits per heavy atom. The Bertz CT molecular complexity index is 1170. The smallest absolute Gasteiger partial charge is 0.308 e. The van der Waals surface area contributed by atoms with Gasteiger partial charge in [0.25, 0.3) is 0 Å². The minimum atomic E-state index is -3.56. The Balaban J connectivity index is 2.05. The molecule has 1 aromatic carbocycles. The van der Waals surface area contributed by atoms with E-state index < -0.39 is 10.1 Å². The van der Waals surface area contributed by atoms with E-state index in [1.54, 1.807) is 19.1 Å². The van der Waals surface area contributed by atoms with E-state index in [0.717, 1.165) is 34.7 Å². The van der Waals surface area contributed by atoms with Crippen molar-refractivity contribution in [2.45, 2.75) is 60.4 Å². The van der Waals surface area contributed by atoms with Gasteiger partial charge in [-0.25, -0.2) is 4.98 Å². The lowest BCUT2D eigenvalue weighted by atomic mass is 9.82. The van der Waals surface area contributed by atoms with E-state index in [2.05, 4.69) is 56.5 Å². The predicted octanol–water partition coefficient (Wildman–Crippen LogP) is 5.66. The van der Waals surface area contributed by atoms with Gasteiger partial charge in [0.15, 0.2) is 0 Å². The molecule has 6 nitrogen and oxygen atoms in total. The minimum Gasteiger partial charge on any atom is -0.382 e. The molecule has 0 fully saturated rings. The van der Waals surface area contributed by atoms with Gasteiger partial charge in [0.05, 0.1) is 5.75 Å². The van der Waals surface area contributed by atoms with Crippen LogP contribution < -0.4 is 9.50 Å². The van der Waals surface area contributed by atoms with Gasteiger partial charge in [0.1, 0.15) is 22.9 Å². The number of aryl methyl sites for hydroxylation is 1. The number of aromatic nitrogens is 2. The summed E-state index contributed by atoms with van der Waals surface area (Å²) in [5.41, 5.74) is 3.70. The molecule has 0 aliphatic carbocycles. The van der Waals surface area contributed by atoms with Crippen molar-refractivity contribution in [1.29, 1.82) is 0 Å². The molecule has 0 aliphatic rings. The van der Waals surface area contributed by atoms with E-state index in [1.807, 2.05) is 25.3 Å². The SMILES string of the molecule is CCS(=O)(=O)Oc1ccc(-c2nc3cc(C)ccn3c2NC(C)(C)CC(C)(C)C)cc1. The fourth-order valence-electron chi connectivity index (χ4n) is 4.03. The second kappa shape index (κ2) is 8.19. The zero-order valence-corrected chi connectivity index (χ0v) is 20.3. The second-order valence-corrected chi connectivity index (χ2v) is 11.8. The third kappa shape index (κ3) is 5.79. The highest BCUT2D eigenvalue weighted by molar-refractivity contribution is 7.87. The molecule has 0 bridgehead atoms. The van der Waals surface area contributed by atoms with Gasteiger partial charge in [-0.1, -0.05) is 20.8 Å². The molecule has 0 amide bonds. The Morgan fingerprint density at radius 2 is 1.71 bits per heavy atom. The van der Waals surface area contributed by atoms with Crippen LogP contribution in [0.2, 0.25) is 0 Å². The fraction of sp³-hybridized carbons (Fsp3) is 0.458. The van der Waals surface area contributed by atoms with Crippen molar-refractivity contribution in [1.82, 2.24) is 9.38 Å². The molecule has 0 saturated heterocycles. The number of anilines is 1. The number of hydrogen-bond donors (Lipinski definition) is 1. The highest BCUT2D eigenvalue weighted by Gasteiger charge is 2.28. The molecular weight excluding hydrogens is 410 g/mol. The van der Waals surface area contributed by atoms with Gasteiger partial charge in [-0.3, -0.25) is 4.40 Å². The summed E-state index contributed by atoms with van der Waals surface area (Å²) in [6.07, 6.45) is 3.00. The van der Waals surface area contributed by atoms with E-state index in [4.69, 9.17) is 9.17 Å². The zero-order valence-electron chi connectivity index (χ0n) is 19.5. The Morgan fingerprint density at radius 3 is 2.29 bits per heavy atom. The molecule has 0 spiro atoms. The fourth-order valence-corrected chi connectivity index (χ4v) is 4.55. The Kier molecular flexibility index (Phi) is 6.11.